The van der Waals surface area contributed by atoms with E-state index in [0.29, 0.717) is 28.1 Å². The van der Waals surface area contributed by atoms with Crippen LogP contribution in [0.15, 0.2) is 24.3 Å². The van der Waals surface area contributed by atoms with Crippen molar-refractivity contribution in [2.24, 2.45) is 5.92 Å². The molecule has 1 aliphatic rings. The zero-order valence-corrected chi connectivity index (χ0v) is 26.8. The predicted octanol–water partition coefficient (Wildman–Crippen LogP) is 7.71. The van der Waals surface area contributed by atoms with Crippen LogP contribution in [-0.2, 0) is 22.4 Å². The molecule has 1 fully saturated rings. The van der Waals surface area contributed by atoms with E-state index in [4.69, 9.17) is 19.2 Å². The van der Waals surface area contributed by atoms with E-state index in [1.54, 1.807) is 14.2 Å². The van der Waals surface area contributed by atoms with Crippen molar-refractivity contribution in [3.8, 4) is 22.8 Å². The summed E-state index contributed by atoms with van der Waals surface area (Å²) in [6.07, 6.45) is 8.37. The van der Waals surface area contributed by atoms with Crippen LogP contribution in [0.1, 0.15) is 76.1 Å². The van der Waals surface area contributed by atoms with E-state index in [1.807, 2.05) is 45.0 Å². The van der Waals surface area contributed by atoms with Gasteiger partial charge in [-0.2, -0.15) is 0 Å². The summed E-state index contributed by atoms with van der Waals surface area (Å²) in [4.78, 5) is 35.5. The number of aromatic amines is 1. The first kappa shape index (κ1) is 30.6. The molecule has 0 saturated heterocycles. The Hall–Kier alpha value is -3.85. The minimum atomic E-state index is -0.407. The Morgan fingerprint density at radius 2 is 1.67 bits per heavy atom. The Morgan fingerprint density at radius 3 is 2.37 bits per heavy atom. The molecule has 0 unspecified atom stereocenters. The maximum atomic E-state index is 13.8. The fraction of sp³-hybridized carbons (Fsp3) is 0.441. The molecule has 4 aromatic rings. The number of amides is 1. The average Bonchev–Trinajstić information content (AvgIpc) is 3.57. The quantitative estimate of drug-likeness (QED) is 0.180. The monoisotopic (exact) mass is 603 g/mol. The van der Waals surface area contributed by atoms with Crippen molar-refractivity contribution in [3.05, 3.63) is 57.1 Å². The van der Waals surface area contributed by atoms with Crippen molar-refractivity contribution >= 4 is 39.2 Å². The van der Waals surface area contributed by atoms with Gasteiger partial charge in [-0.15, -0.1) is 11.3 Å². The number of carbonyl (C=O) groups excluding carboxylic acids is 2. The lowest BCUT2D eigenvalue weighted by Gasteiger charge is -2.21. The highest BCUT2D eigenvalue weighted by Gasteiger charge is 2.25. The number of anilines is 1. The highest BCUT2D eigenvalue weighted by Crippen LogP contribution is 2.41. The number of methoxy groups -OCH3 is 3. The van der Waals surface area contributed by atoms with Gasteiger partial charge in [-0.1, -0.05) is 32.1 Å². The number of aryl methyl sites for hydroxylation is 4. The molecule has 0 aliphatic heterocycles. The third-order valence-electron chi connectivity index (χ3n) is 8.69. The SMILES string of the molecule is COC(=O)Cc1c(C(=O)Nc2nc(-c3cc(OC)c(C)cc3OC)c(CCC3CCCCC3)s2)[nH]c2cc(C)c(C)cc12. The lowest BCUT2D eigenvalue weighted by atomic mass is 9.86. The van der Waals surface area contributed by atoms with Gasteiger partial charge in [-0.25, -0.2) is 4.98 Å². The van der Waals surface area contributed by atoms with Gasteiger partial charge < -0.3 is 19.2 Å². The van der Waals surface area contributed by atoms with Crippen LogP contribution in [0.4, 0.5) is 5.13 Å². The molecule has 1 aliphatic carbocycles. The van der Waals surface area contributed by atoms with E-state index >= 15 is 0 Å². The lowest BCUT2D eigenvalue weighted by molar-refractivity contribution is -0.139. The molecule has 0 atom stereocenters. The van der Waals surface area contributed by atoms with E-state index in [9.17, 15) is 9.59 Å². The van der Waals surface area contributed by atoms with Gasteiger partial charge in [0.15, 0.2) is 5.13 Å². The van der Waals surface area contributed by atoms with Crippen molar-refractivity contribution < 1.29 is 23.8 Å². The van der Waals surface area contributed by atoms with Gasteiger partial charge in [0, 0.05) is 26.9 Å². The number of esters is 1. The number of fused-ring (bicyclic) bond motifs is 1. The fourth-order valence-corrected chi connectivity index (χ4v) is 7.09. The number of thiazole rings is 1. The number of hydrogen-bond acceptors (Lipinski definition) is 7. The summed E-state index contributed by atoms with van der Waals surface area (Å²) in [5.41, 5.74) is 6.53. The van der Waals surface area contributed by atoms with Crippen LogP contribution < -0.4 is 14.8 Å². The third kappa shape index (κ3) is 6.56. The number of ether oxygens (including phenoxy) is 3. The summed E-state index contributed by atoms with van der Waals surface area (Å²) in [6.45, 7) is 6.02. The molecular weight excluding hydrogens is 562 g/mol. The summed E-state index contributed by atoms with van der Waals surface area (Å²) in [6, 6.07) is 7.95. The van der Waals surface area contributed by atoms with Crippen molar-refractivity contribution in [3.63, 3.8) is 0 Å². The summed E-state index contributed by atoms with van der Waals surface area (Å²) in [5.74, 6) is 1.41. The molecule has 43 heavy (non-hydrogen) atoms. The van der Waals surface area contributed by atoms with Crippen LogP contribution in [0.3, 0.4) is 0 Å². The Bertz CT molecular complexity index is 1650. The number of nitrogens with one attached hydrogen (secondary N) is 2. The molecule has 9 heteroatoms. The van der Waals surface area contributed by atoms with Gasteiger partial charge in [0.05, 0.1) is 33.4 Å². The molecule has 0 bridgehead atoms. The maximum Gasteiger partial charge on any atom is 0.310 e. The van der Waals surface area contributed by atoms with Gasteiger partial charge in [-0.05, 0) is 80.5 Å². The molecule has 2 aromatic heterocycles. The number of carbonyl (C=O) groups is 2. The van der Waals surface area contributed by atoms with Crippen LogP contribution in [-0.4, -0.2) is 43.2 Å². The molecule has 1 amide bonds. The van der Waals surface area contributed by atoms with Crippen LogP contribution in [0, 0.1) is 26.7 Å². The first-order chi connectivity index (χ1) is 20.7. The fourth-order valence-electron chi connectivity index (χ4n) is 6.10. The van der Waals surface area contributed by atoms with Gasteiger partial charge in [0.2, 0.25) is 0 Å². The topological polar surface area (TPSA) is 103 Å². The Balaban J connectivity index is 1.53. The minimum Gasteiger partial charge on any atom is -0.496 e. The maximum absolute atomic E-state index is 13.8. The number of benzene rings is 2. The summed E-state index contributed by atoms with van der Waals surface area (Å²) in [7, 11) is 4.67. The van der Waals surface area contributed by atoms with Crippen LogP contribution >= 0.6 is 11.3 Å². The van der Waals surface area contributed by atoms with E-state index in [-0.39, 0.29) is 12.3 Å². The predicted molar refractivity (Wildman–Crippen MR) is 172 cm³/mol. The lowest BCUT2D eigenvalue weighted by Crippen LogP contribution is -2.16. The number of aromatic nitrogens is 2. The molecule has 1 saturated carbocycles. The molecule has 0 spiro atoms. The van der Waals surface area contributed by atoms with Gasteiger partial charge in [0.25, 0.3) is 5.91 Å². The van der Waals surface area contributed by atoms with E-state index in [1.165, 1.54) is 50.6 Å². The van der Waals surface area contributed by atoms with Crippen molar-refractivity contribution in [2.45, 2.75) is 72.1 Å². The van der Waals surface area contributed by atoms with Crippen molar-refractivity contribution in [1.29, 1.82) is 0 Å². The normalized spacial score (nSPS) is 13.7. The molecule has 5 rings (SSSR count). The Morgan fingerprint density at radius 1 is 0.953 bits per heavy atom. The largest absolute Gasteiger partial charge is 0.496 e. The molecule has 2 aromatic carbocycles. The molecule has 8 nitrogen and oxygen atoms in total. The van der Waals surface area contributed by atoms with Gasteiger partial charge in [-0.3, -0.25) is 14.9 Å². The van der Waals surface area contributed by atoms with E-state index < -0.39 is 5.97 Å². The minimum absolute atomic E-state index is 0.0160. The van der Waals surface area contributed by atoms with E-state index in [0.717, 1.165) is 62.3 Å². The number of hydrogen-bond donors (Lipinski definition) is 2. The molecule has 2 heterocycles. The zero-order valence-electron chi connectivity index (χ0n) is 25.9. The molecule has 0 radical (unpaired) electrons. The average molecular weight is 604 g/mol. The first-order valence-electron chi connectivity index (χ1n) is 14.9. The van der Waals surface area contributed by atoms with Crippen LogP contribution in [0.25, 0.3) is 22.2 Å². The number of H-pyrrole nitrogens is 1. The first-order valence-corrected chi connectivity index (χ1v) is 15.8. The summed E-state index contributed by atoms with van der Waals surface area (Å²) >= 11 is 1.49. The smallest absolute Gasteiger partial charge is 0.310 e. The molecular formula is C34H41N3O5S. The standard InChI is InChI=1S/C34H41N3O5S/c1-19-14-23-24(18-30(38)42-6)32(35-26(23)15-20(19)2)33(39)37-34-36-31(25-17-27(40-4)21(3)16-28(25)41-5)29(43-34)13-12-22-10-8-7-9-11-22/h14-17,22,35H,7-13,18H2,1-6H3,(H,36,37,39). The van der Waals surface area contributed by atoms with Gasteiger partial charge in [0.1, 0.15) is 17.2 Å². The molecule has 228 valence electrons. The molecule has 2 N–H and O–H groups in total. The second-order valence-electron chi connectivity index (χ2n) is 11.5. The van der Waals surface area contributed by atoms with Crippen molar-refractivity contribution in [2.75, 3.05) is 26.6 Å². The highest BCUT2D eigenvalue weighted by atomic mass is 32.1. The third-order valence-corrected chi connectivity index (χ3v) is 9.72. The second kappa shape index (κ2) is 13.2. The second-order valence-corrected chi connectivity index (χ2v) is 12.6. The van der Waals surface area contributed by atoms with Crippen LogP contribution in [0.2, 0.25) is 0 Å². The number of rotatable bonds is 10. The van der Waals surface area contributed by atoms with E-state index in [2.05, 4.69) is 10.3 Å². The Kier molecular flexibility index (Phi) is 9.40. The Labute approximate surface area is 257 Å². The summed E-state index contributed by atoms with van der Waals surface area (Å²) in [5, 5.41) is 4.37. The van der Waals surface area contributed by atoms with Gasteiger partial charge >= 0.3 is 5.97 Å². The highest BCUT2D eigenvalue weighted by molar-refractivity contribution is 7.16. The van der Waals surface area contributed by atoms with Crippen LogP contribution in [0.5, 0.6) is 11.5 Å². The van der Waals surface area contributed by atoms with Crippen molar-refractivity contribution in [1.82, 2.24) is 9.97 Å². The summed E-state index contributed by atoms with van der Waals surface area (Å²) < 4.78 is 16.4. The number of nitrogens with zero attached hydrogens (tertiary/aromatic N) is 1. The zero-order chi connectivity index (χ0) is 30.7.